The zero-order valence-corrected chi connectivity index (χ0v) is 10.5. The van der Waals surface area contributed by atoms with E-state index in [4.69, 9.17) is 5.73 Å². The van der Waals surface area contributed by atoms with E-state index in [1.807, 2.05) is 0 Å². The molecule has 1 amide bonds. The number of nitrogens with two attached hydrogens (primary N) is 1. The molecule has 1 aliphatic heterocycles. The van der Waals surface area contributed by atoms with Gasteiger partial charge in [0.1, 0.15) is 5.69 Å². The van der Waals surface area contributed by atoms with Crippen LogP contribution >= 0.6 is 0 Å². The van der Waals surface area contributed by atoms with Gasteiger partial charge in [0.25, 0.3) is 5.91 Å². The number of nitrogens with one attached hydrogen (secondary N) is 2. The lowest BCUT2D eigenvalue weighted by Gasteiger charge is -2.32. The average molecular weight is 273 g/mol. The Kier molecular flexibility index (Phi) is 2.87. The SMILES string of the molecule is CC(C)(C1=CNCc2[nH]c(C(N)=O)cc21)C(F)(F)F. The molecule has 19 heavy (non-hydrogen) atoms. The molecule has 0 spiro atoms. The van der Waals surface area contributed by atoms with E-state index >= 15 is 0 Å². The number of amides is 1. The van der Waals surface area contributed by atoms with Crippen molar-refractivity contribution in [1.82, 2.24) is 10.3 Å². The number of aromatic amines is 1. The smallest absolute Gasteiger partial charge is 0.385 e. The highest BCUT2D eigenvalue weighted by Gasteiger charge is 2.51. The van der Waals surface area contributed by atoms with E-state index in [2.05, 4.69) is 10.3 Å². The molecule has 104 valence electrons. The Morgan fingerprint density at radius 2 is 2.00 bits per heavy atom. The van der Waals surface area contributed by atoms with Gasteiger partial charge >= 0.3 is 6.18 Å². The third-order valence-corrected chi connectivity index (χ3v) is 3.36. The number of aromatic nitrogens is 1. The van der Waals surface area contributed by atoms with Crippen LogP contribution in [0.1, 0.15) is 35.6 Å². The van der Waals surface area contributed by atoms with Crippen molar-refractivity contribution in [2.75, 3.05) is 0 Å². The molecule has 1 aromatic heterocycles. The summed E-state index contributed by atoms with van der Waals surface area (Å²) in [4.78, 5) is 13.8. The summed E-state index contributed by atoms with van der Waals surface area (Å²) < 4.78 is 39.3. The maximum atomic E-state index is 13.1. The monoisotopic (exact) mass is 273 g/mol. The second-order valence-electron chi connectivity index (χ2n) is 5.00. The third kappa shape index (κ3) is 2.09. The molecule has 0 bridgehead atoms. The van der Waals surface area contributed by atoms with Gasteiger partial charge in [-0.2, -0.15) is 13.2 Å². The van der Waals surface area contributed by atoms with Gasteiger partial charge in [-0.3, -0.25) is 4.79 Å². The summed E-state index contributed by atoms with van der Waals surface area (Å²) in [6, 6.07) is 1.37. The van der Waals surface area contributed by atoms with Gasteiger partial charge in [-0.05, 0) is 25.5 Å². The van der Waals surface area contributed by atoms with Crippen LogP contribution in [0, 0.1) is 5.41 Å². The van der Waals surface area contributed by atoms with Crippen molar-refractivity contribution in [3.63, 3.8) is 0 Å². The molecule has 0 aliphatic carbocycles. The molecule has 7 heteroatoms. The first-order valence-electron chi connectivity index (χ1n) is 5.67. The van der Waals surface area contributed by atoms with E-state index in [1.165, 1.54) is 12.3 Å². The molecule has 0 atom stereocenters. The maximum absolute atomic E-state index is 13.1. The molecule has 0 radical (unpaired) electrons. The second kappa shape index (κ2) is 4.04. The van der Waals surface area contributed by atoms with Crippen LogP contribution in [-0.2, 0) is 6.54 Å². The molecule has 4 nitrogen and oxygen atoms in total. The van der Waals surface area contributed by atoms with Crippen molar-refractivity contribution >= 4 is 11.5 Å². The topological polar surface area (TPSA) is 70.9 Å². The van der Waals surface area contributed by atoms with Crippen molar-refractivity contribution in [3.8, 4) is 0 Å². The van der Waals surface area contributed by atoms with Crippen LogP contribution in [-0.4, -0.2) is 17.1 Å². The Bertz CT molecular complexity index is 555. The number of carbonyl (C=O) groups excluding carboxylic acids is 1. The molecule has 1 aliphatic rings. The fourth-order valence-electron chi connectivity index (χ4n) is 2.01. The summed E-state index contributed by atoms with van der Waals surface area (Å²) in [6.07, 6.45) is -3.05. The Morgan fingerprint density at radius 1 is 1.37 bits per heavy atom. The quantitative estimate of drug-likeness (QED) is 0.772. The molecule has 0 saturated carbocycles. The minimum atomic E-state index is -4.39. The van der Waals surface area contributed by atoms with Gasteiger partial charge in [0.05, 0.1) is 12.0 Å². The molecule has 0 saturated heterocycles. The normalized spacial score (nSPS) is 15.5. The van der Waals surface area contributed by atoms with Gasteiger partial charge in [0.2, 0.25) is 0 Å². The number of rotatable bonds is 2. The molecular weight excluding hydrogens is 259 g/mol. The number of fused-ring (bicyclic) bond motifs is 1. The highest BCUT2D eigenvalue weighted by Crippen LogP contribution is 2.48. The summed E-state index contributed by atoms with van der Waals surface area (Å²) >= 11 is 0. The minimum Gasteiger partial charge on any atom is -0.385 e. The number of hydrogen-bond donors (Lipinski definition) is 3. The first-order valence-corrected chi connectivity index (χ1v) is 5.67. The number of hydrogen-bond acceptors (Lipinski definition) is 2. The van der Waals surface area contributed by atoms with E-state index in [0.717, 1.165) is 13.8 Å². The number of primary amides is 1. The highest BCUT2D eigenvalue weighted by atomic mass is 19.4. The largest absolute Gasteiger partial charge is 0.397 e. The van der Waals surface area contributed by atoms with E-state index < -0.39 is 17.5 Å². The summed E-state index contributed by atoms with van der Waals surface area (Å²) in [6.45, 7) is 2.54. The average Bonchev–Trinajstić information content (AvgIpc) is 2.70. The second-order valence-corrected chi connectivity index (χ2v) is 5.00. The molecule has 2 rings (SSSR count). The van der Waals surface area contributed by atoms with Gasteiger partial charge in [-0.1, -0.05) is 0 Å². The standard InChI is InChI=1S/C12H14F3N3O/c1-11(2,12(13,14)15)7-4-17-5-9-6(7)3-8(18-9)10(16)19/h3-4,17-18H,5H2,1-2H3,(H2,16,19). The molecule has 0 unspecified atom stereocenters. The molecule has 0 fully saturated rings. The van der Waals surface area contributed by atoms with Crippen molar-refractivity contribution in [2.45, 2.75) is 26.6 Å². The summed E-state index contributed by atoms with van der Waals surface area (Å²) in [5, 5.41) is 2.78. The fourth-order valence-corrected chi connectivity index (χ4v) is 2.01. The van der Waals surface area contributed by atoms with Gasteiger partial charge in [0.15, 0.2) is 0 Å². The van der Waals surface area contributed by atoms with Gasteiger partial charge < -0.3 is 16.0 Å². The van der Waals surface area contributed by atoms with Crippen molar-refractivity contribution in [3.05, 3.63) is 29.2 Å². The van der Waals surface area contributed by atoms with Crippen LogP contribution < -0.4 is 11.1 Å². The minimum absolute atomic E-state index is 0.0880. The summed E-state index contributed by atoms with van der Waals surface area (Å²) in [5.41, 5.74) is 4.22. The van der Waals surface area contributed by atoms with Crippen LogP contribution in [0.2, 0.25) is 0 Å². The third-order valence-electron chi connectivity index (χ3n) is 3.36. The van der Waals surface area contributed by atoms with E-state index in [1.54, 1.807) is 0 Å². The molecule has 1 aromatic rings. The Hall–Kier alpha value is -1.92. The van der Waals surface area contributed by atoms with Crippen LogP contribution in [0.4, 0.5) is 13.2 Å². The van der Waals surface area contributed by atoms with E-state index in [-0.39, 0.29) is 11.3 Å². The van der Waals surface area contributed by atoms with E-state index in [9.17, 15) is 18.0 Å². The number of allylic oxidation sites excluding steroid dienone is 1. The summed E-state index contributed by atoms with van der Waals surface area (Å²) in [7, 11) is 0. The van der Waals surface area contributed by atoms with E-state index in [0.29, 0.717) is 17.8 Å². The number of carbonyl (C=O) groups is 1. The van der Waals surface area contributed by atoms with Crippen molar-refractivity contribution in [1.29, 1.82) is 0 Å². The first-order chi connectivity index (χ1) is 8.64. The van der Waals surface area contributed by atoms with Crippen LogP contribution in [0.25, 0.3) is 5.57 Å². The van der Waals surface area contributed by atoms with Gasteiger partial charge in [0, 0.05) is 17.5 Å². The Morgan fingerprint density at radius 3 is 2.53 bits per heavy atom. The zero-order chi connectivity index (χ0) is 14.4. The Labute approximate surface area is 107 Å². The number of alkyl halides is 3. The molecule has 4 N–H and O–H groups in total. The fraction of sp³-hybridized carbons (Fsp3) is 0.417. The van der Waals surface area contributed by atoms with Gasteiger partial charge in [-0.25, -0.2) is 0 Å². The lowest BCUT2D eigenvalue weighted by Crippen LogP contribution is -2.35. The predicted molar refractivity (Wildman–Crippen MR) is 64.0 cm³/mol. The maximum Gasteiger partial charge on any atom is 0.397 e. The highest BCUT2D eigenvalue weighted by molar-refractivity contribution is 5.93. The van der Waals surface area contributed by atoms with Crippen LogP contribution in [0.15, 0.2) is 12.3 Å². The number of halogens is 3. The Balaban J connectivity index is 2.52. The lowest BCUT2D eigenvalue weighted by atomic mass is 9.79. The zero-order valence-electron chi connectivity index (χ0n) is 10.5. The van der Waals surface area contributed by atoms with Crippen LogP contribution in [0.5, 0.6) is 0 Å². The summed E-state index contributed by atoms with van der Waals surface area (Å²) in [5.74, 6) is -0.696. The predicted octanol–water partition coefficient (Wildman–Crippen LogP) is 2.15. The lowest BCUT2D eigenvalue weighted by molar-refractivity contribution is -0.189. The molecular formula is C12H14F3N3O. The first kappa shape index (κ1) is 13.5. The molecule has 2 heterocycles. The van der Waals surface area contributed by atoms with Crippen molar-refractivity contribution in [2.24, 2.45) is 11.1 Å². The number of H-pyrrole nitrogens is 1. The van der Waals surface area contributed by atoms with Crippen molar-refractivity contribution < 1.29 is 18.0 Å². The van der Waals surface area contributed by atoms with Gasteiger partial charge in [-0.15, -0.1) is 0 Å². The molecule has 0 aromatic carbocycles. The van der Waals surface area contributed by atoms with Crippen LogP contribution in [0.3, 0.4) is 0 Å².